The number of non-ortho nitro benzene ring substituents is 1. The number of aromatic nitrogens is 2. The zero-order chi connectivity index (χ0) is 14.8. The highest BCUT2D eigenvalue weighted by molar-refractivity contribution is 7.89. The number of nitrogens with zero attached hydrogens (tertiary/aromatic N) is 2. The van der Waals surface area contributed by atoms with Crippen LogP contribution in [-0.4, -0.2) is 23.3 Å². The van der Waals surface area contributed by atoms with Crippen molar-refractivity contribution >= 4 is 21.4 Å². The van der Waals surface area contributed by atoms with Gasteiger partial charge in [-0.3, -0.25) is 10.1 Å². The number of nitro groups is 1. The Bertz CT molecular complexity index is 726. The number of nitrogens with one attached hydrogen (secondary N) is 2. The molecule has 0 fully saturated rings. The first kappa shape index (κ1) is 14.0. The summed E-state index contributed by atoms with van der Waals surface area (Å²) in [5, 5.41) is 10.7. The van der Waals surface area contributed by atoms with Crippen molar-refractivity contribution in [2.24, 2.45) is 0 Å². The van der Waals surface area contributed by atoms with E-state index in [-0.39, 0.29) is 22.8 Å². The molecule has 2 rings (SSSR count). The van der Waals surface area contributed by atoms with Crippen molar-refractivity contribution in [2.45, 2.75) is 11.4 Å². The fourth-order valence-corrected chi connectivity index (χ4v) is 2.66. The summed E-state index contributed by atoms with van der Waals surface area (Å²) in [4.78, 5) is 16.1. The molecule has 0 saturated carbocycles. The van der Waals surface area contributed by atoms with Crippen LogP contribution >= 0.6 is 0 Å². The van der Waals surface area contributed by atoms with Crippen molar-refractivity contribution in [1.82, 2.24) is 14.7 Å². The Morgan fingerprint density at radius 1 is 1.45 bits per heavy atom. The molecule has 9 nitrogen and oxygen atoms in total. The van der Waals surface area contributed by atoms with Gasteiger partial charge >= 0.3 is 0 Å². The number of imidazole rings is 1. The van der Waals surface area contributed by atoms with Crippen LogP contribution < -0.4 is 10.5 Å². The van der Waals surface area contributed by atoms with Gasteiger partial charge in [0.05, 0.1) is 23.5 Å². The molecule has 0 saturated heterocycles. The quantitative estimate of drug-likeness (QED) is 0.413. The van der Waals surface area contributed by atoms with Gasteiger partial charge in [-0.2, -0.15) is 0 Å². The van der Waals surface area contributed by atoms with Crippen molar-refractivity contribution in [3.63, 3.8) is 0 Å². The van der Waals surface area contributed by atoms with Gasteiger partial charge in [0.15, 0.2) is 0 Å². The molecule has 20 heavy (non-hydrogen) atoms. The largest absolute Gasteiger partial charge is 0.398 e. The van der Waals surface area contributed by atoms with Crippen LogP contribution in [0, 0.1) is 10.1 Å². The van der Waals surface area contributed by atoms with E-state index < -0.39 is 14.9 Å². The van der Waals surface area contributed by atoms with Crippen molar-refractivity contribution in [2.75, 3.05) is 5.73 Å². The average molecular weight is 297 g/mol. The van der Waals surface area contributed by atoms with Crippen LogP contribution in [0.4, 0.5) is 11.4 Å². The lowest BCUT2D eigenvalue weighted by molar-refractivity contribution is -0.385. The van der Waals surface area contributed by atoms with Crippen LogP contribution in [0.5, 0.6) is 0 Å². The average Bonchev–Trinajstić information content (AvgIpc) is 2.89. The van der Waals surface area contributed by atoms with Crippen molar-refractivity contribution in [3.8, 4) is 0 Å². The van der Waals surface area contributed by atoms with E-state index >= 15 is 0 Å². The van der Waals surface area contributed by atoms with Crippen LogP contribution in [0.3, 0.4) is 0 Å². The molecule has 1 aromatic heterocycles. The van der Waals surface area contributed by atoms with Crippen molar-refractivity contribution < 1.29 is 13.3 Å². The van der Waals surface area contributed by atoms with Gasteiger partial charge in [-0.15, -0.1) is 0 Å². The van der Waals surface area contributed by atoms with Gasteiger partial charge in [-0.1, -0.05) is 0 Å². The molecule has 2 aromatic rings. The zero-order valence-electron chi connectivity index (χ0n) is 10.1. The van der Waals surface area contributed by atoms with Crippen molar-refractivity contribution in [1.29, 1.82) is 0 Å². The molecule has 4 N–H and O–H groups in total. The summed E-state index contributed by atoms with van der Waals surface area (Å²) in [6.45, 7) is -0.0233. The molecular formula is C10H11N5O4S. The van der Waals surface area contributed by atoms with Crippen LogP contribution in [-0.2, 0) is 16.6 Å². The lowest BCUT2D eigenvalue weighted by Crippen LogP contribution is -2.24. The lowest BCUT2D eigenvalue weighted by atomic mass is 10.3. The van der Waals surface area contributed by atoms with Gasteiger partial charge in [0.2, 0.25) is 10.0 Å². The maximum atomic E-state index is 12.1. The minimum atomic E-state index is -3.95. The number of rotatable bonds is 5. The third-order valence-electron chi connectivity index (χ3n) is 2.50. The van der Waals surface area contributed by atoms with Gasteiger partial charge < -0.3 is 10.7 Å². The fraction of sp³-hybridized carbons (Fsp3) is 0.100. The summed E-state index contributed by atoms with van der Waals surface area (Å²) in [5.74, 6) is 0. The Hall–Kier alpha value is -2.46. The Morgan fingerprint density at radius 3 is 2.80 bits per heavy atom. The zero-order valence-corrected chi connectivity index (χ0v) is 10.9. The van der Waals surface area contributed by atoms with Gasteiger partial charge in [-0.05, 0) is 6.07 Å². The summed E-state index contributed by atoms with van der Waals surface area (Å²) < 4.78 is 26.4. The summed E-state index contributed by atoms with van der Waals surface area (Å²) in [7, 11) is -3.95. The number of anilines is 1. The predicted octanol–water partition coefficient (Wildman–Crippen LogP) is 0.379. The lowest BCUT2D eigenvalue weighted by Gasteiger charge is -2.08. The molecular weight excluding hydrogens is 286 g/mol. The number of sulfonamides is 1. The first-order valence-corrected chi connectivity index (χ1v) is 6.89. The molecule has 1 heterocycles. The molecule has 106 valence electrons. The maximum Gasteiger partial charge on any atom is 0.270 e. The number of hydrogen-bond acceptors (Lipinski definition) is 6. The Balaban J connectivity index is 2.28. The number of nitro benzene ring substituents is 1. The van der Waals surface area contributed by atoms with Crippen LogP contribution in [0.2, 0.25) is 0 Å². The smallest absolute Gasteiger partial charge is 0.270 e. The first-order valence-electron chi connectivity index (χ1n) is 5.41. The molecule has 0 bridgehead atoms. The van der Waals surface area contributed by atoms with E-state index in [0.29, 0.717) is 5.69 Å². The minimum Gasteiger partial charge on any atom is -0.398 e. The fourth-order valence-electron chi connectivity index (χ4n) is 1.50. The normalized spacial score (nSPS) is 11.4. The number of hydrogen-bond donors (Lipinski definition) is 3. The molecule has 0 atom stereocenters. The minimum absolute atomic E-state index is 0.0233. The Labute approximate surface area is 114 Å². The summed E-state index contributed by atoms with van der Waals surface area (Å²) in [6.07, 6.45) is 2.87. The highest BCUT2D eigenvalue weighted by Gasteiger charge is 2.21. The van der Waals surface area contributed by atoms with Crippen molar-refractivity contribution in [3.05, 3.63) is 46.5 Å². The van der Waals surface area contributed by atoms with E-state index in [4.69, 9.17) is 5.73 Å². The monoisotopic (exact) mass is 297 g/mol. The van der Waals surface area contributed by atoms with E-state index in [1.807, 2.05) is 0 Å². The second kappa shape index (κ2) is 5.27. The van der Waals surface area contributed by atoms with E-state index in [1.165, 1.54) is 18.6 Å². The SMILES string of the molecule is Nc1ccc([N+](=O)[O-])cc1S(=O)(=O)NCc1cnc[nH]1. The molecule has 0 radical (unpaired) electrons. The number of H-pyrrole nitrogens is 1. The molecule has 0 spiro atoms. The standard InChI is InChI=1S/C10H11N5O4S/c11-9-2-1-8(15(16)17)3-10(9)20(18,19)14-5-7-4-12-6-13-7/h1-4,6,14H,5,11H2,(H,12,13). The van der Waals surface area contributed by atoms with E-state index in [1.54, 1.807) is 0 Å². The maximum absolute atomic E-state index is 12.1. The van der Waals surface area contributed by atoms with Crippen LogP contribution in [0.1, 0.15) is 5.69 Å². The molecule has 0 unspecified atom stereocenters. The second-order valence-electron chi connectivity index (χ2n) is 3.88. The number of nitrogen functional groups attached to an aromatic ring is 1. The second-order valence-corrected chi connectivity index (χ2v) is 5.62. The summed E-state index contributed by atoms with van der Waals surface area (Å²) in [6, 6.07) is 3.25. The third kappa shape index (κ3) is 2.92. The van der Waals surface area contributed by atoms with Crippen LogP contribution in [0.15, 0.2) is 35.6 Å². The Kier molecular flexibility index (Phi) is 3.68. The highest BCUT2D eigenvalue weighted by atomic mass is 32.2. The van der Waals surface area contributed by atoms with Crippen LogP contribution in [0.25, 0.3) is 0 Å². The van der Waals surface area contributed by atoms with Gasteiger partial charge in [-0.25, -0.2) is 18.1 Å². The summed E-state index contributed by atoms with van der Waals surface area (Å²) in [5.41, 5.74) is 5.71. The van der Waals surface area contributed by atoms with Gasteiger partial charge in [0.1, 0.15) is 4.90 Å². The molecule has 1 aromatic carbocycles. The molecule has 0 aliphatic rings. The number of benzene rings is 1. The first-order chi connectivity index (χ1) is 9.40. The van der Waals surface area contributed by atoms with E-state index in [2.05, 4.69) is 14.7 Å². The number of nitrogens with two attached hydrogens (primary N) is 1. The molecule has 0 aliphatic heterocycles. The van der Waals surface area contributed by atoms with E-state index in [9.17, 15) is 18.5 Å². The molecule has 0 amide bonds. The molecule has 0 aliphatic carbocycles. The van der Waals surface area contributed by atoms with E-state index in [0.717, 1.165) is 12.1 Å². The highest BCUT2D eigenvalue weighted by Crippen LogP contribution is 2.23. The van der Waals surface area contributed by atoms with Gasteiger partial charge in [0, 0.05) is 24.0 Å². The third-order valence-corrected chi connectivity index (χ3v) is 3.96. The molecule has 10 heteroatoms. The summed E-state index contributed by atoms with van der Waals surface area (Å²) >= 11 is 0. The van der Waals surface area contributed by atoms with Gasteiger partial charge in [0.25, 0.3) is 5.69 Å². The predicted molar refractivity (Wildman–Crippen MR) is 70.1 cm³/mol. The topological polar surface area (TPSA) is 144 Å². The Morgan fingerprint density at radius 2 is 2.20 bits per heavy atom. The number of aromatic amines is 1.